The Balaban J connectivity index is 1.63. The van der Waals surface area contributed by atoms with Crippen molar-refractivity contribution in [3.8, 4) is 0 Å². The third kappa shape index (κ3) is 4.43. The molecule has 0 atom stereocenters. The average molecular weight is 387 g/mol. The van der Waals surface area contributed by atoms with Gasteiger partial charge in [-0.1, -0.05) is 17.7 Å². The number of carbonyl (C=O) groups excluding carboxylic acids is 2. The molecule has 0 unspecified atom stereocenters. The Kier molecular flexibility index (Phi) is 5.72. The number of hydrogen-bond acceptors (Lipinski definition) is 5. The molecule has 0 saturated carbocycles. The van der Waals surface area contributed by atoms with Crippen LogP contribution in [-0.4, -0.2) is 44.2 Å². The van der Waals surface area contributed by atoms with E-state index < -0.39 is 22.6 Å². The normalized spacial score (nSPS) is 14.9. The van der Waals surface area contributed by atoms with Gasteiger partial charge in [0.15, 0.2) is 12.4 Å². The first-order valence-electron chi connectivity index (χ1n) is 8.75. The van der Waals surface area contributed by atoms with Gasteiger partial charge in [0, 0.05) is 18.7 Å². The van der Waals surface area contributed by atoms with Gasteiger partial charge in [0.05, 0.1) is 10.5 Å². The van der Waals surface area contributed by atoms with E-state index in [2.05, 4.69) is 0 Å². The molecular weight excluding hydrogens is 366 g/mol. The first-order chi connectivity index (χ1) is 12.9. The van der Waals surface area contributed by atoms with Crippen molar-refractivity contribution < 1.29 is 22.7 Å². The van der Waals surface area contributed by atoms with E-state index in [-0.39, 0.29) is 10.7 Å². The van der Waals surface area contributed by atoms with Gasteiger partial charge in [-0.15, -0.1) is 0 Å². The maximum atomic E-state index is 12.5. The zero-order valence-corrected chi connectivity index (χ0v) is 15.9. The molecule has 0 radical (unpaired) electrons. The summed E-state index contributed by atoms with van der Waals surface area (Å²) in [7, 11) is -3.51. The molecule has 0 N–H and O–H groups in total. The summed E-state index contributed by atoms with van der Waals surface area (Å²) in [6, 6.07) is 12.7. The number of nitrogens with zero attached hydrogens (tertiary/aromatic N) is 1. The lowest BCUT2D eigenvalue weighted by atomic mass is 10.1. The van der Waals surface area contributed by atoms with Crippen LogP contribution in [0.4, 0.5) is 0 Å². The van der Waals surface area contributed by atoms with Crippen molar-refractivity contribution >= 4 is 21.8 Å². The smallest absolute Gasteiger partial charge is 0.338 e. The quantitative estimate of drug-likeness (QED) is 0.562. The van der Waals surface area contributed by atoms with E-state index in [0.29, 0.717) is 24.2 Å². The summed E-state index contributed by atoms with van der Waals surface area (Å²) in [5, 5.41) is 0. The molecule has 2 aromatic carbocycles. The molecule has 142 valence electrons. The van der Waals surface area contributed by atoms with Gasteiger partial charge in [0.2, 0.25) is 10.0 Å². The molecule has 1 aliphatic heterocycles. The summed E-state index contributed by atoms with van der Waals surface area (Å²) < 4.78 is 31.5. The maximum absolute atomic E-state index is 12.5. The molecule has 3 rings (SSSR count). The molecule has 0 aliphatic carbocycles. The molecule has 0 spiro atoms. The van der Waals surface area contributed by atoms with Crippen LogP contribution >= 0.6 is 0 Å². The molecular formula is C20H21NO5S. The Morgan fingerprint density at radius 3 is 2.30 bits per heavy atom. The Labute approximate surface area is 158 Å². The van der Waals surface area contributed by atoms with Gasteiger partial charge in [-0.2, -0.15) is 4.31 Å². The summed E-state index contributed by atoms with van der Waals surface area (Å²) in [6.07, 6.45) is 1.73. The van der Waals surface area contributed by atoms with Crippen LogP contribution in [0.2, 0.25) is 0 Å². The minimum absolute atomic E-state index is 0.165. The van der Waals surface area contributed by atoms with Gasteiger partial charge < -0.3 is 4.74 Å². The van der Waals surface area contributed by atoms with Crippen molar-refractivity contribution in [1.82, 2.24) is 4.31 Å². The summed E-state index contributed by atoms with van der Waals surface area (Å²) in [6.45, 7) is 2.51. The Morgan fingerprint density at radius 2 is 1.67 bits per heavy atom. The predicted molar refractivity (Wildman–Crippen MR) is 100 cm³/mol. The maximum Gasteiger partial charge on any atom is 0.338 e. The van der Waals surface area contributed by atoms with Crippen LogP contribution in [0.1, 0.15) is 39.1 Å². The molecule has 1 heterocycles. The third-order valence-electron chi connectivity index (χ3n) is 4.47. The number of aryl methyl sites for hydroxylation is 1. The van der Waals surface area contributed by atoms with Crippen molar-refractivity contribution in [3.63, 3.8) is 0 Å². The molecule has 1 saturated heterocycles. The van der Waals surface area contributed by atoms with Gasteiger partial charge in [0.25, 0.3) is 0 Å². The highest BCUT2D eigenvalue weighted by Crippen LogP contribution is 2.21. The van der Waals surface area contributed by atoms with E-state index in [1.54, 1.807) is 18.2 Å². The van der Waals surface area contributed by atoms with Crippen LogP contribution in [0, 0.1) is 6.92 Å². The number of esters is 1. The lowest BCUT2D eigenvalue weighted by Crippen LogP contribution is -2.27. The fraction of sp³-hybridized carbons (Fsp3) is 0.300. The lowest BCUT2D eigenvalue weighted by molar-refractivity contribution is 0.0474. The number of ether oxygens (including phenoxy) is 1. The van der Waals surface area contributed by atoms with Crippen molar-refractivity contribution in [3.05, 3.63) is 65.2 Å². The average Bonchev–Trinajstić information content (AvgIpc) is 3.21. The highest BCUT2D eigenvalue weighted by atomic mass is 32.2. The van der Waals surface area contributed by atoms with Crippen molar-refractivity contribution in [1.29, 1.82) is 0 Å². The van der Waals surface area contributed by atoms with Crippen molar-refractivity contribution in [2.45, 2.75) is 24.7 Å². The fourth-order valence-electron chi connectivity index (χ4n) is 2.96. The number of Topliss-reactive ketones (excluding diaryl/α,β-unsaturated/α-hetero) is 1. The molecule has 1 aliphatic rings. The second-order valence-electron chi connectivity index (χ2n) is 6.50. The number of benzene rings is 2. The molecule has 0 amide bonds. The fourth-order valence-corrected chi connectivity index (χ4v) is 4.48. The summed E-state index contributed by atoms with van der Waals surface area (Å²) in [5.41, 5.74) is 1.60. The molecule has 27 heavy (non-hydrogen) atoms. The highest BCUT2D eigenvalue weighted by Gasteiger charge is 2.27. The van der Waals surface area contributed by atoms with Gasteiger partial charge in [-0.25, -0.2) is 13.2 Å². The van der Waals surface area contributed by atoms with Crippen LogP contribution < -0.4 is 0 Å². The minimum Gasteiger partial charge on any atom is -0.454 e. The summed E-state index contributed by atoms with van der Waals surface area (Å²) in [4.78, 5) is 24.4. The lowest BCUT2D eigenvalue weighted by Gasteiger charge is -2.15. The monoisotopic (exact) mass is 387 g/mol. The number of hydrogen-bond donors (Lipinski definition) is 0. The number of ketones is 1. The Bertz CT molecular complexity index is 945. The molecule has 6 nitrogen and oxygen atoms in total. The first-order valence-corrected chi connectivity index (χ1v) is 10.2. The second-order valence-corrected chi connectivity index (χ2v) is 8.44. The molecule has 0 bridgehead atoms. The molecule has 0 aromatic heterocycles. The van der Waals surface area contributed by atoms with E-state index >= 15 is 0 Å². The number of rotatable bonds is 6. The first kappa shape index (κ1) is 19.3. The molecule has 7 heteroatoms. The molecule has 1 fully saturated rings. The Morgan fingerprint density at radius 1 is 1.00 bits per heavy atom. The van der Waals surface area contributed by atoms with E-state index in [0.717, 1.165) is 18.4 Å². The minimum atomic E-state index is -3.51. The third-order valence-corrected chi connectivity index (χ3v) is 6.38. The van der Waals surface area contributed by atoms with Crippen LogP contribution in [0.3, 0.4) is 0 Å². The van der Waals surface area contributed by atoms with Crippen LogP contribution in [0.15, 0.2) is 53.4 Å². The van der Waals surface area contributed by atoms with Crippen LogP contribution in [-0.2, 0) is 14.8 Å². The zero-order chi connectivity index (χ0) is 19.4. The van der Waals surface area contributed by atoms with Crippen LogP contribution in [0.25, 0.3) is 0 Å². The standard InChI is InChI=1S/C20H21NO5S/c1-15-5-4-6-17(13-15)20(23)26-14-19(22)16-7-9-18(10-8-16)27(24,25)21-11-2-3-12-21/h4-10,13H,2-3,11-12,14H2,1H3. The van der Waals surface area contributed by atoms with E-state index in [4.69, 9.17) is 4.74 Å². The van der Waals surface area contributed by atoms with E-state index in [9.17, 15) is 18.0 Å². The number of carbonyl (C=O) groups is 2. The Hall–Kier alpha value is -2.51. The van der Waals surface area contributed by atoms with Gasteiger partial charge in [-0.3, -0.25) is 4.79 Å². The zero-order valence-electron chi connectivity index (χ0n) is 15.1. The van der Waals surface area contributed by atoms with E-state index in [1.807, 2.05) is 13.0 Å². The largest absolute Gasteiger partial charge is 0.454 e. The van der Waals surface area contributed by atoms with E-state index in [1.165, 1.54) is 28.6 Å². The number of sulfonamides is 1. The molecule has 2 aromatic rings. The topological polar surface area (TPSA) is 80.8 Å². The highest BCUT2D eigenvalue weighted by molar-refractivity contribution is 7.89. The summed E-state index contributed by atoms with van der Waals surface area (Å²) >= 11 is 0. The predicted octanol–water partition coefficient (Wildman–Crippen LogP) is 2.82. The van der Waals surface area contributed by atoms with Crippen LogP contribution in [0.5, 0.6) is 0 Å². The second kappa shape index (κ2) is 8.02. The van der Waals surface area contributed by atoms with Gasteiger partial charge in [-0.05, 0) is 56.2 Å². The summed E-state index contributed by atoms with van der Waals surface area (Å²) in [5.74, 6) is -0.957. The van der Waals surface area contributed by atoms with Gasteiger partial charge in [0.1, 0.15) is 0 Å². The van der Waals surface area contributed by atoms with Crippen molar-refractivity contribution in [2.75, 3.05) is 19.7 Å². The van der Waals surface area contributed by atoms with Gasteiger partial charge >= 0.3 is 5.97 Å². The van der Waals surface area contributed by atoms with Crippen molar-refractivity contribution in [2.24, 2.45) is 0 Å². The SMILES string of the molecule is Cc1cccc(C(=O)OCC(=O)c2ccc(S(=O)(=O)N3CCCC3)cc2)c1.